The van der Waals surface area contributed by atoms with E-state index in [1.165, 1.54) is 11.5 Å². The second-order valence-electron chi connectivity index (χ2n) is 5.59. The molecule has 3 heterocycles. The summed E-state index contributed by atoms with van der Waals surface area (Å²) < 4.78 is 0. The van der Waals surface area contributed by atoms with Crippen molar-refractivity contribution >= 4 is 29.5 Å². The molecule has 1 N–H and O–H groups in total. The number of nitrogens with zero attached hydrogens (tertiary/aromatic N) is 2. The molecule has 0 bridgehead atoms. The Labute approximate surface area is 133 Å². The van der Waals surface area contributed by atoms with Crippen LogP contribution in [0, 0.1) is 5.92 Å². The van der Waals surface area contributed by atoms with E-state index in [0.717, 1.165) is 23.6 Å². The van der Waals surface area contributed by atoms with Gasteiger partial charge in [-0.1, -0.05) is 0 Å². The molecule has 0 aromatic carbocycles. The molecule has 2 atom stereocenters. The topological polar surface area (TPSA) is 53.4 Å². The number of likely N-dealkylation sites (tertiary alicyclic amines) is 1. The van der Waals surface area contributed by atoms with Crippen LogP contribution in [-0.4, -0.2) is 63.1 Å². The Morgan fingerprint density at radius 3 is 2.48 bits per heavy atom. The molecule has 2 aliphatic rings. The first-order chi connectivity index (χ1) is 10.3. The van der Waals surface area contributed by atoms with Gasteiger partial charge in [-0.15, -0.1) is 0 Å². The van der Waals surface area contributed by atoms with Crippen LogP contribution in [0.25, 0.3) is 0 Å². The highest BCUT2D eigenvalue weighted by Gasteiger charge is 2.41. The zero-order valence-corrected chi connectivity index (χ0v) is 13.5. The Morgan fingerprint density at radius 2 is 1.86 bits per heavy atom. The van der Waals surface area contributed by atoms with Crippen LogP contribution in [0.5, 0.6) is 0 Å². The standard InChI is InChI=1S/C15H20N2O2S2/c18-15(19)14-8-17(12-9-20-5-6-21-10-12)7-13(14)11-1-3-16-4-2-11/h1-4,12-14H,5-10H2,(H,18,19)/t13-,14+/m0/s1. The molecule has 1 aromatic rings. The van der Waals surface area contributed by atoms with E-state index in [4.69, 9.17) is 0 Å². The molecule has 0 unspecified atom stereocenters. The predicted molar refractivity (Wildman–Crippen MR) is 88.1 cm³/mol. The van der Waals surface area contributed by atoms with Crippen molar-refractivity contribution in [1.82, 2.24) is 9.88 Å². The van der Waals surface area contributed by atoms with E-state index in [1.54, 1.807) is 12.4 Å². The lowest BCUT2D eigenvalue weighted by Gasteiger charge is -2.25. The fraction of sp³-hybridized carbons (Fsp3) is 0.600. The van der Waals surface area contributed by atoms with Crippen LogP contribution >= 0.6 is 23.5 Å². The van der Waals surface area contributed by atoms with Crippen molar-refractivity contribution in [3.63, 3.8) is 0 Å². The summed E-state index contributed by atoms with van der Waals surface area (Å²) in [5.74, 6) is 3.80. The SMILES string of the molecule is O=C(O)[C@@H]1CN(C2CSCCSC2)C[C@H]1c1ccncc1. The molecule has 1 aromatic heterocycles. The highest BCUT2D eigenvalue weighted by molar-refractivity contribution is 8.03. The zero-order chi connectivity index (χ0) is 14.7. The molecule has 0 aliphatic carbocycles. The van der Waals surface area contributed by atoms with E-state index in [0.29, 0.717) is 12.6 Å². The smallest absolute Gasteiger partial charge is 0.308 e. The Morgan fingerprint density at radius 1 is 1.19 bits per heavy atom. The van der Waals surface area contributed by atoms with Crippen LogP contribution in [0.4, 0.5) is 0 Å². The average molecular weight is 324 g/mol. The van der Waals surface area contributed by atoms with E-state index < -0.39 is 5.97 Å². The van der Waals surface area contributed by atoms with Gasteiger partial charge in [-0.3, -0.25) is 14.7 Å². The normalized spacial score (nSPS) is 28.4. The summed E-state index contributed by atoms with van der Waals surface area (Å²) in [5.41, 5.74) is 1.11. The number of aliphatic carboxylic acids is 1. The van der Waals surface area contributed by atoms with Gasteiger partial charge in [0.2, 0.25) is 0 Å². The average Bonchev–Trinajstić information content (AvgIpc) is 2.77. The number of hydrogen-bond acceptors (Lipinski definition) is 5. The second kappa shape index (κ2) is 7.03. The molecule has 0 spiro atoms. The monoisotopic (exact) mass is 324 g/mol. The van der Waals surface area contributed by atoms with Crippen molar-refractivity contribution in [2.45, 2.75) is 12.0 Å². The van der Waals surface area contributed by atoms with Crippen molar-refractivity contribution in [1.29, 1.82) is 0 Å². The number of carboxylic acids is 1. The first-order valence-electron chi connectivity index (χ1n) is 7.28. The third kappa shape index (κ3) is 3.55. The lowest BCUT2D eigenvalue weighted by atomic mass is 9.90. The fourth-order valence-electron chi connectivity index (χ4n) is 3.15. The molecule has 0 radical (unpaired) electrons. The Bertz CT molecular complexity index is 478. The van der Waals surface area contributed by atoms with Crippen molar-refractivity contribution < 1.29 is 9.90 Å². The van der Waals surface area contributed by atoms with Crippen LogP contribution in [0.3, 0.4) is 0 Å². The third-order valence-electron chi connectivity index (χ3n) is 4.31. The van der Waals surface area contributed by atoms with Crippen molar-refractivity contribution in [2.75, 3.05) is 36.1 Å². The van der Waals surface area contributed by atoms with Crippen LogP contribution in [0.15, 0.2) is 24.5 Å². The number of carboxylic acid groups (broad SMARTS) is 1. The van der Waals surface area contributed by atoms with Gasteiger partial charge in [-0.25, -0.2) is 0 Å². The van der Waals surface area contributed by atoms with E-state index in [9.17, 15) is 9.90 Å². The maximum Gasteiger partial charge on any atom is 0.308 e. The van der Waals surface area contributed by atoms with E-state index in [2.05, 4.69) is 9.88 Å². The molecule has 6 heteroatoms. The van der Waals surface area contributed by atoms with E-state index in [1.807, 2.05) is 35.7 Å². The largest absolute Gasteiger partial charge is 0.481 e. The number of carbonyl (C=O) groups is 1. The minimum atomic E-state index is -0.673. The summed E-state index contributed by atoms with van der Waals surface area (Å²) in [7, 11) is 0. The minimum absolute atomic E-state index is 0.0868. The lowest BCUT2D eigenvalue weighted by Crippen LogP contribution is -2.37. The molecular weight excluding hydrogens is 304 g/mol. The molecule has 2 fully saturated rings. The van der Waals surface area contributed by atoms with Crippen LogP contribution in [0.2, 0.25) is 0 Å². The highest BCUT2D eigenvalue weighted by atomic mass is 32.2. The molecular formula is C15H20N2O2S2. The van der Waals surface area contributed by atoms with Gasteiger partial charge >= 0.3 is 5.97 Å². The maximum absolute atomic E-state index is 11.6. The molecule has 0 amide bonds. The first kappa shape index (κ1) is 15.2. The maximum atomic E-state index is 11.6. The zero-order valence-electron chi connectivity index (χ0n) is 11.9. The fourth-order valence-corrected chi connectivity index (χ4v) is 5.77. The number of thioether (sulfide) groups is 2. The van der Waals surface area contributed by atoms with Gasteiger partial charge in [0, 0.05) is 60.5 Å². The molecule has 21 heavy (non-hydrogen) atoms. The summed E-state index contributed by atoms with van der Waals surface area (Å²) in [6, 6.07) is 4.43. The van der Waals surface area contributed by atoms with E-state index in [-0.39, 0.29) is 11.8 Å². The van der Waals surface area contributed by atoms with Crippen molar-refractivity contribution in [2.24, 2.45) is 5.92 Å². The van der Waals surface area contributed by atoms with Gasteiger partial charge in [-0.05, 0) is 17.7 Å². The van der Waals surface area contributed by atoms with Gasteiger partial charge in [-0.2, -0.15) is 23.5 Å². The van der Waals surface area contributed by atoms with Gasteiger partial charge < -0.3 is 5.11 Å². The predicted octanol–water partition coefficient (Wildman–Crippen LogP) is 2.03. The number of pyridine rings is 1. The Hall–Kier alpha value is -0.720. The van der Waals surface area contributed by atoms with Gasteiger partial charge in [0.1, 0.15) is 0 Å². The number of hydrogen-bond donors (Lipinski definition) is 1. The molecule has 2 saturated heterocycles. The van der Waals surface area contributed by atoms with Crippen LogP contribution in [0.1, 0.15) is 11.5 Å². The summed E-state index contributed by atoms with van der Waals surface area (Å²) in [6.07, 6.45) is 3.52. The van der Waals surface area contributed by atoms with E-state index >= 15 is 0 Å². The van der Waals surface area contributed by atoms with Gasteiger partial charge in [0.25, 0.3) is 0 Å². The molecule has 0 saturated carbocycles. The highest BCUT2D eigenvalue weighted by Crippen LogP contribution is 2.35. The second-order valence-corrected chi connectivity index (χ2v) is 7.89. The van der Waals surface area contributed by atoms with Crippen molar-refractivity contribution in [3.05, 3.63) is 30.1 Å². The Balaban J connectivity index is 1.76. The van der Waals surface area contributed by atoms with Crippen LogP contribution < -0.4 is 0 Å². The third-order valence-corrected chi connectivity index (χ3v) is 6.79. The van der Waals surface area contributed by atoms with Gasteiger partial charge in [0.15, 0.2) is 0 Å². The van der Waals surface area contributed by atoms with Crippen molar-refractivity contribution in [3.8, 4) is 0 Å². The number of rotatable bonds is 3. The quantitative estimate of drug-likeness (QED) is 0.918. The Kier molecular flexibility index (Phi) is 5.08. The number of aromatic nitrogens is 1. The summed E-state index contributed by atoms with van der Waals surface area (Å²) in [6.45, 7) is 1.53. The molecule has 114 valence electrons. The molecule has 2 aliphatic heterocycles. The summed E-state index contributed by atoms with van der Waals surface area (Å²) >= 11 is 3.99. The molecule has 4 nitrogen and oxygen atoms in total. The minimum Gasteiger partial charge on any atom is -0.481 e. The lowest BCUT2D eigenvalue weighted by molar-refractivity contribution is -0.141. The first-order valence-corrected chi connectivity index (χ1v) is 9.59. The molecule has 3 rings (SSSR count). The summed E-state index contributed by atoms with van der Waals surface area (Å²) in [5, 5.41) is 9.56. The van der Waals surface area contributed by atoms with Gasteiger partial charge in [0.05, 0.1) is 5.92 Å². The summed E-state index contributed by atoms with van der Waals surface area (Å²) in [4.78, 5) is 18.1. The van der Waals surface area contributed by atoms with Crippen LogP contribution in [-0.2, 0) is 4.79 Å².